The lowest BCUT2D eigenvalue weighted by Crippen LogP contribution is -1.73. The van der Waals surface area contributed by atoms with E-state index in [4.69, 9.17) is 4.74 Å². The quantitative estimate of drug-likeness (QED) is 0.540. The molecule has 1 rings (SSSR count). The second-order valence-electron chi connectivity index (χ2n) is 2.63. The van der Waals surface area contributed by atoms with Crippen LogP contribution >= 0.6 is 0 Å². The van der Waals surface area contributed by atoms with Gasteiger partial charge in [-0.25, -0.2) is 0 Å². The molecule has 0 atom stereocenters. The summed E-state index contributed by atoms with van der Waals surface area (Å²) >= 11 is 0. The lowest BCUT2D eigenvalue weighted by Gasteiger charge is -1.91. The van der Waals surface area contributed by atoms with Crippen LogP contribution in [0.5, 0.6) is 0 Å². The maximum absolute atomic E-state index is 10.0. The van der Waals surface area contributed by atoms with Gasteiger partial charge in [0.05, 0.1) is 12.9 Å². The zero-order valence-electron chi connectivity index (χ0n) is 12.9. The monoisotopic (exact) mass is 252 g/mol. The van der Waals surface area contributed by atoms with Crippen molar-refractivity contribution in [2.45, 2.75) is 41.5 Å². The summed E-state index contributed by atoms with van der Waals surface area (Å²) in [4.78, 5) is 10.0. The van der Waals surface area contributed by atoms with E-state index in [0.717, 1.165) is 17.6 Å². The number of carbonyl (C=O) groups is 1. The van der Waals surface area contributed by atoms with Crippen molar-refractivity contribution in [3.63, 3.8) is 0 Å². The highest BCUT2D eigenvalue weighted by molar-refractivity contribution is 5.74. The van der Waals surface area contributed by atoms with E-state index in [1.54, 1.807) is 19.2 Å². The van der Waals surface area contributed by atoms with Crippen LogP contribution in [0.3, 0.4) is 0 Å². The number of benzene rings is 1. The molecule has 2 nitrogen and oxygen atoms in total. The summed E-state index contributed by atoms with van der Waals surface area (Å²) in [6.07, 6.45) is 2.75. The minimum atomic E-state index is 0.729. The predicted octanol–water partition coefficient (Wildman–Crippen LogP) is 5.11. The smallest absolute Gasteiger partial charge is 0.150 e. The van der Waals surface area contributed by atoms with E-state index < -0.39 is 0 Å². The summed E-state index contributed by atoms with van der Waals surface area (Å²) in [5, 5.41) is 0. The fraction of sp³-hybridized carbons (Fsp3) is 0.438. The summed E-state index contributed by atoms with van der Waals surface area (Å²) in [5.74, 6) is 0.968. The van der Waals surface area contributed by atoms with E-state index in [0.29, 0.717) is 0 Å². The predicted molar refractivity (Wildman–Crippen MR) is 81.0 cm³/mol. The van der Waals surface area contributed by atoms with Crippen molar-refractivity contribution in [2.24, 2.45) is 0 Å². The Morgan fingerprint density at radius 1 is 1.06 bits per heavy atom. The first-order valence-electron chi connectivity index (χ1n) is 6.41. The van der Waals surface area contributed by atoms with Crippen LogP contribution in [0.1, 0.15) is 51.9 Å². The van der Waals surface area contributed by atoms with Gasteiger partial charge in [0, 0.05) is 5.56 Å². The number of allylic oxidation sites excluding steroid dienone is 2. The van der Waals surface area contributed by atoms with E-state index in [2.05, 4.69) is 0 Å². The van der Waals surface area contributed by atoms with Crippen molar-refractivity contribution in [2.75, 3.05) is 7.11 Å². The molecule has 0 aliphatic carbocycles. The number of ether oxygens (including phenoxy) is 1. The Bertz CT molecular complexity index is 276. The van der Waals surface area contributed by atoms with Crippen molar-refractivity contribution in [1.29, 1.82) is 0 Å². The molecule has 0 N–H and O–H groups in total. The molecule has 0 fully saturated rings. The van der Waals surface area contributed by atoms with E-state index in [1.165, 1.54) is 0 Å². The maximum Gasteiger partial charge on any atom is 0.150 e. The van der Waals surface area contributed by atoms with Gasteiger partial charge in [-0.3, -0.25) is 4.79 Å². The van der Waals surface area contributed by atoms with Gasteiger partial charge in [0.15, 0.2) is 0 Å². The van der Waals surface area contributed by atoms with Crippen molar-refractivity contribution in [3.8, 4) is 0 Å². The van der Waals surface area contributed by atoms with Gasteiger partial charge in [0.25, 0.3) is 0 Å². The second kappa shape index (κ2) is 20.8. The number of hydrogen-bond donors (Lipinski definition) is 0. The van der Waals surface area contributed by atoms with Gasteiger partial charge in [-0.05, 0) is 13.8 Å². The molecule has 0 saturated carbocycles. The fourth-order valence-electron chi connectivity index (χ4n) is 0.649. The molecule has 104 valence electrons. The Morgan fingerprint density at radius 2 is 1.50 bits per heavy atom. The van der Waals surface area contributed by atoms with E-state index in [1.807, 2.05) is 65.8 Å². The third-order valence-electron chi connectivity index (χ3n) is 1.66. The minimum absolute atomic E-state index is 0.729. The molecule has 2 heteroatoms. The lowest BCUT2D eigenvalue weighted by molar-refractivity contribution is 0.112. The second-order valence-corrected chi connectivity index (χ2v) is 2.63. The van der Waals surface area contributed by atoms with E-state index in [9.17, 15) is 4.79 Å². The van der Waals surface area contributed by atoms with Gasteiger partial charge in [-0.1, -0.05) is 64.1 Å². The third-order valence-corrected chi connectivity index (χ3v) is 1.66. The molecular weight excluding hydrogens is 224 g/mol. The van der Waals surface area contributed by atoms with Crippen LogP contribution in [0.2, 0.25) is 0 Å². The third kappa shape index (κ3) is 16.8. The molecule has 0 aromatic heterocycles. The van der Waals surface area contributed by atoms with Crippen molar-refractivity contribution >= 4 is 6.29 Å². The molecule has 0 radical (unpaired) electrons. The summed E-state index contributed by atoms with van der Waals surface area (Å²) in [6.45, 7) is 11.9. The zero-order chi connectivity index (χ0) is 14.8. The SMILES string of the molecule is C/C=C(/C)OC.CC.CC.O=Cc1ccccc1. The van der Waals surface area contributed by atoms with Gasteiger partial charge in [-0.15, -0.1) is 0 Å². The highest BCUT2D eigenvalue weighted by Crippen LogP contribution is 1.91. The normalized spacial score (nSPS) is 8.28. The van der Waals surface area contributed by atoms with Crippen LogP contribution in [-0.2, 0) is 4.74 Å². The van der Waals surface area contributed by atoms with Crippen molar-refractivity contribution < 1.29 is 9.53 Å². The molecule has 18 heavy (non-hydrogen) atoms. The van der Waals surface area contributed by atoms with Crippen LogP contribution in [-0.4, -0.2) is 13.4 Å². The summed E-state index contributed by atoms with van der Waals surface area (Å²) in [5.41, 5.74) is 0.729. The number of carbonyl (C=O) groups excluding carboxylic acids is 1. The summed E-state index contributed by atoms with van der Waals surface area (Å²) < 4.78 is 4.76. The average molecular weight is 252 g/mol. The van der Waals surface area contributed by atoms with Crippen LogP contribution in [0, 0.1) is 0 Å². The molecule has 1 aromatic rings. The van der Waals surface area contributed by atoms with Gasteiger partial charge in [-0.2, -0.15) is 0 Å². The highest BCUT2D eigenvalue weighted by atomic mass is 16.5. The van der Waals surface area contributed by atoms with Crippen molar-refractivity contribution in [1.82, 2.24) is 0 Å². The maximum atomic E-state index is 10.0. The van der Waals surface area contributed by atoms with E-state index >= 15 is 0 Å². The lowest BCUT2D eigenvalue weighted by atomic mass is 10.2. The van der Waals surface area contributed by atoms with Crippen LogP contribution in [0.4, 0.5) is 0 Å². The van der Waals surface area contributed by atoms with Gasteiger partial charge in [0.1, 0.15) is 6.29 Å². The summed E-state index contributed by atoms with van der Waals surface area (Å²) in [6, 6.07) is 9.10. The minimum Gasteiger partial charge on any atom is -0.502 e. The van der Waals surface area contributed by atoms with E-state index in [-0.39, 0.29) is 0 Å². The molecule has 0 unspecified atom stereocenters. The molecule has 0 spiro atoms. The summed E-state index contributed by atoms with van der Waals surface area (Å²) in [7, 11) is 1.66. The Morgan fingerprint density at radius 3 is 1.67 bits per heavy atom. The molecule has 1 aromatic carbocycles. The average Bonchev–Trinajstić information content (AvgIpc) is 2.51. The molecule has 0 aliphatic rings. The first-order chi connectivity index (χ1) is 8.74. The number of aldehydes is 1. The van der Waals surface area contributed by atoms with Crippen molar-refractivity contribution in [3.05, 3.63) is 47.7 Å². The first-order valence-corrected chi connectivity index (χ1v) is 6.41. The Hall–Kier alpha value is -1.57. The number of methoxy groups -OCH3 is 1. The fourth-order valence-corrected chi connectivity index (χ4v) is 0.649. The highest BCUT2D eigenvalue weighted by Gasteiger charge is 1.80. The molecule has 0 aliphatic heterocycles. The molecule has 0 heterocycles. The first kappa shape index (κ1) is 21.7. The Labute approximate surface area is 113 Å². The Kier molecular flexibility index (Phi) is 25.1. The molecule has 0 bridgehead atoms. The standard InChI is InChI=1S/C7H6O.C5H10O.2C2H6/c8-6-7-4-2-1-3-5-7;1-4-5(2)6-3;2*1-2/h1-6H;4H,1-3H3;2*1-2H3/b;5-4-;;. The Balaban J connectivity index is -0.000000201. The number of hydrogen-bond acceptors (Lipinski definition) is 2. The molecule has 0 saturated heterocycles. The van der Waals surface area contributed by atoms with Gasteiger partial charge >= 0.3 is 0 Å². The van der Waals surface area contributed by atoms with Gasteiger partial charge in [0.2, 0.25) is 0 Å². The van der Waals surface area contributed by atoms with Gasteiger partial charge < -0.3 is 4.74 Å². The topological polar surface area (TPSA) is 26.3 Å². The number of rotatable bonds is 2. The van der Waals surface area contributed by atoms with Crippen LogP contribution in [0.25, 0.3) is 0 Å². The van der Waals surface area contributed by atoms with Crippen LogP contribution < -0.4 is 0 Å². The molecular formula is C16H28O2. The zero-order valence-corrected chi connectivity index (χ0v) is 12.9. The largest absolute Gasteiger partial charge is 0.502 e. The van der Waals surface area contributed by atoms with Crippen LogP contribution in [0.15, 0.2) is 42.2 Å². The molecule has 0 amide bonds.